The fourth-order valence-electron chi connectivity index (χ4n) is 6.91. The van der Waals surface area contributed by atoms with Crippen molar-refractivity contribution in [1.29, 1.82) is 0 Å². The molecule has 0 saturated carbocycles. The minimum Gasteiger partial charge on any atom is -0.756 e. The number of carbonyl (C=O) groups excluding carboxylic acids is 2. The topological polar surface area (TPSA) is 289 Å². The van der Waals surface area contributed by atoms with Crippen molar-refractivity contribution in [2.24, 2.45) is 0 Å². The number of nitro groups is 3. The molecule has 0 aliphatic rings. The molecular formula is C43H78N5O14P. The molecule has 1 unspecified atom stereocenters. The van der Waals surface area contributed by atoms with Crippen molar-refractivity contribution in [1.82, 2.24) is 6.15 Å². The summed E-state index contributed by atoms with van der Waals surface area (Å²) in [5.41, 5.74) is -3.52. The molecule has 5 N–H and O–H groups in total. The van der Waals surface area contributed by atoms with E-state index in [4.69, 9.17) is 18.5 Å². The van der Waals surface area contributed by atoms with Crippen LogP contribution in [0.4, 0.5) is 22.7 Å². The van der Waals surface area contributed by atoms with Crippen LogP contribution in [0.3, 0.4) is 0 Å². The number of hydrogen-bond donors (Lipinski definition) is 2. The molecule has 364 valence electrons. The van der Waals surface area contributed by atoms with Crippen LogP contribution in [0.5, 0.6) is 0 Å². The molecule has 20 heteroatoms. The van der Waals surface area contributed by atoms with Crippen LogP contribution in [-0.2, 0) is 32.7 Å². The van der Waals surface area contributed by atoms with Crippen molar-refractivity contribution in [3.63, 3.8) is 0 Å². The van der Waals surface area contributed by atoms with Crippen molar-refractivity contribution >= 4 is 42.5 Å². The van der Waals surface area contributed by atoms with Gasteiger partial charge < -0.3 is 34.9 Å². The number of ether oxygens (including phenoxy) is 2. The van der Waals surface area contributed by atoms with E-state index in [0.717, 1.165) is 44.9 Å². The van der Waals surface area contributed by atoms with Gasteiger partial charge in [-0.25, -0.2) is 0 Å². The first-order valence-electron chi connectivity index (χ1n) is 23.1. The number of esters is 2. The zero-order chi connectivity index (χ0) is 45.9. The van der Waals surface area contributed by atoms with Gasteiger partial charge in [0.25, 0.3) is 13.5 Å². The van der Waals surface area contributed by atoms with Crippen LogP contribution in [0.25, 0.3) is 0 Å². The number of rotatable bonds is 42. The summed E-state index contributed by atoms with van der Waals surface area (Å²) >= 11 is 0. The minimum absolute atomic E-state index is 0. The molecule has 0 bridgehead atoms. The maximum Gasteiger partial charge on any atom is 0.306 e. The molecule has 0 spiro atoms. The first kappa shape index (κ1) is 59.2. The summed E-state index contributed by atoms with van der Waals surface area (Å²) in [6.07, 6.45) is 28.7. The summed E-state index contributed by atoms with van der Waals surface area (Å²) in [5.74, 6) is -1.13. The van der Waals surface area contributed by atoms with E-state index < -0.39 is 89.8 Å². The van der Waals surface area contributed by atoms with Gasteiger partial charge in [-0.2, -0.15) is 0 Å². The Kier molecular flexibility index (Phi) is 35.3. The lowest BCUT2D eigenvalue weighted by atomic mass is 10.0. The summed E-state index contributed by atoms with van der Waals surface area (Å²) in [6, 6.07) is 1.06. The van der Waals surface area contributed by atoms with Crippen molar-refractivity contribution in [3.8, 4) is 0 Å². The predicted molar refractivity (Wildman–Crippen MR) is 242 cm³/mol. The molecule has 0 saturated heterocycles. The number of nitrogens with one attached hydrogen (secondary N) is 1. The van der Waals surface area contributed by atoms with Crippen molar-refractivity contribution in [2.75, 3.05) is 31.7 Å². The Morgan fingerprint density at radius 1 is 0.587 bits per heavy atom. The Balaban J connectivity index is 0.0000384. The highest BCUT2D eigenvalue weighted by Crippen LogP contribution is 2.40. The van der Waals surface area contributed by atoms with E-state index >= 15 is 0 Å². The van der Waals surface area contributed by atoms with Crippen LogP contribution in [0, 0.1) is 30.3 Å². The van der Waals surface area contributed by atoms with E-state index in [1.807, 2.05) is 0 Å². The number of anilines is 1. The standard InChI is InChI=1S/C43H75N4O14P.H3N/c1-3-5-7-9-11-13-15-17-19-21-23-25-27-29-41(48)58-35-38(61-42(49)30-28-26-24-22-20-18-16-14-12-10-8-6-4-2)36-60-62(56,57)59-32-31-44-43-39(46(52)53)33-37(45(50)51)34-40(43)47(54)55;/h33-34,38,44H,3-32,35-36H2,1-2H3,(H,56,57);1H3/t38-;/m1./s1. The normalized spacial score (nSPS) is 12.5. The minimum atomic E-state index is -5.12. The molecule has 0 heterocycles. The number of unbranched alkanes of at least 4 members (excludes halogenated alkanes) is 24. The van der Waals surface area contributed by atoms with Gasteiger partial charge in [0, 0.05) is 19.4 Å². The predicted octanol–water partition coefficient (Wildman–Crippen LogP) is 12.1. The van der Waals surface area contributed by atoms with E-state index in [1.54, 1.807) is 0 Å². The maximum absolute atomic E-state index is 12.7. The van der Waals surface area contributed by atoms with Crippen LogP contribution in [0.1, 0.15) is 194 Å². The molecule has 0 aliphatic heterocycles. The number of quaternary nitrogens is 1. The van der Waals surface area contributed by atoms with Gasteiger partial charge in [0.15, 0.2) is 11.8 Å². The number of nitrogens with zero attached hydrogens (tertiary/aromatic N) is 3. The van der Waals surface area contributed by atoms with Crippen LogP contribution in [0.15, 0.2) is 12.1 Å². The fraction of sp³-hybridized carbons (Fsp3) is 0.814. The molecule has 1 aromatic carbocycles. The molecule has 0 amide bonds. The van der Waals surface area contributed by atoms with Gasteiger partial charge in [0.1, 0.15) is 6.61 Å². The Morgan fingerprint density at radius 3 is 1.35 bits per heavy atom. The molecule has 0 fully saturated rings. The lowest BCUT2D eigenvalue weighted by Gasteiger charge is -2.25. The van der Waals surface area contributed by atoms with Gasteiger partial charge in [0.05, 0.1) is 40.1 Å². The lowest BCUT2D eigenvalue weighted by molar-refractivity contribution is -0.401. The Labute approximate surface area is 374 Å². The first-order valence-corrected chi connectivity index (χ1v) is 24.6. The van der Waals surface area contributed by atoms with Gasteiger partial charge in [-0.15, -0.1) is 0 Å². The van der Waals surface area contributed by atoms with Gasteiger partial charge in [-0.3, -0.25) is 44.5 Å². The second-order valence-corrected chi connectivity index (χ2v) is 17.3. The molecule has 0 aromatic heterocycles. The number of phosphoric ester groups is 1. The van der Waals surface area contributed by atoms with Crippen molar-refractivity contribution in [3.05, 3.63) is 42.5 Å². The third-order valence-electron chi connectivity index (χ3n) is 10.5. The highest BCUT2D eigenvalue weighted by Gasteiger charge is 2.30. The molecule has 1 rings (SSSR count). The van der Waals surface area contributed by atoms with E-state index in [0.29, 0.717) is 25.0 Å². The molecule has 0 aliphatic carbocycles. The second kappa shape index (κ2) is 37.6. The van der Waals surface area contributed by atoms with Crippen molar-refractivity contribution < 1.29 is 52.3 Å². The van der Waals surface area contributed by atoms with Crippen LogP contribution < -0.4 is 16.4 Å². The van der Waals surface area contributed by atoms with Crippen LogP contribution in [-0.4, -0.2) is 59.2 Å². The number of non-ortho nitro benzene ring substituents is 1. The van der Waals surface area contributed by atoms with Gasteiger partial charge in [-0.1, -0.05) is 168 Å². The molecule has 1 aromatic rings. The van der Waals surface area contributed by atoms with E-state index in [9.17, 15) is 49.4 Å². The summed E-state index contributed by atoms with van der Waals surface area (Å²) in [7, 11) is -5.12. The maximum atomic E-state index is 12.7. The van der Waals surface area contributed by atoms with Gasteiger partial charge in [0.2, 0.25) is 0 Å². The summed E-state index contributed by atoms with van der Waals surface area (Å²) in [5, 5.41) is 36.5. The average Bonchev–Trinajstić information content (AvgIpc) is 3.23. The smallest absolute Gasteiger partial charge is 0.306 e. The zero-order valence-electron chi connectivity index (χ0n) is 38.4. The number of hydrogen-bond acceptors (Lipinski definition) is 15. The average molecular weight is 920 g/mol. The van der Waals surface area contributed by atoms with Crippen LogP contribution in [0.2, 0.25) is 0 Å². The highest BCUT2D eigenvalue weighted by molar-refractivity contribution is 7.45. The van der Waals surface area contributed by atoms with E-state index in [2.05, 4.69) is 19.2 Å². The van der Waals surface area contributed by atoms with Gasteiger partial charge in [-0.05, 0) is 12.8 Å². The zero-order valence-corrected chi connectivity index (χ0v) is 39.3. The largest absolute Gasteiger partial charge is 0.756 e. The molecule has 63 heavy (non-hydrogen) atoms. The second-order valence-electron chi connectivity index (χ2n) is 15.9. The lowest BCUT2D eigenvalue weighted by Crippen LogP contribution is -2.30. The molecular weight excluding hydrogens is 841 g/mol. The number of phosphoric acid groups is 1. The summed E-state index contributed by atoms with van der Waals surface area (Å²) in [6.45, 7) is 2.01. The van der Waals surface area contributed by atoms with E-state index in [1.165, 1.54) is 109 Å². The van der Waals surface area contributed by atoms with Gasteiger partial charge >= 0.3 is 23.3 Å². The third kappa shape index (κ3) is 30.9. The molecule has 19 nitrogen and oxygen atoms in total. The first-order chi connectivity index (χ1) is 29.8. The Bertz CT molecular complexity index is 1450. The van der Waals surface area contributed by atoms with Crippen LogP contribution >= 0.6 is 7.82 Å². The van der Waals surface area contributed by atoms with Crippen molar-refractivity contribution in [2.45, 2.75) is 200 Å². The number of benzene rings is 1. The molecule has 0 radical (unpaired) electrons. The number of carbonyl (C=O) groups is 2. The van der Waals surface area contributed by atoms with E-state index in [-0.39, 0.29) is 19.0 Å². The Morgan fingerprint density at radius 2 is 0.968 bits per heavy atom. The number of nitro benzene ring substituents is 3. The third-order valence-corrected chi connectivity index (χ3v) is 11.4. The SMILES string of the molecule is CCCCCCCCCCCCCCCC(=O)OC[C@H](COP(=O)([O-])OCCNc1c([N+](=O)[O-])cc([N+](=O)[O-])cc1[N+](=O)[O-])OC(=O)CCCCCCCCCCCCCCC.[NH4+]. The summed E-state index contributed by atoms with van der Waals surface area (Å²) in [4.78, 5) is 68.9. The quantitative estimate of drug-likeness (QED) is 0.0203. The fourth-order valence-corrected chi connectivity index (χ4v) is 7.65. The highest BCUT2D eigenvalue weighted by atomic mass is 31.2. The summed E-state index contributed by atoms with van der Waals surface area (Å²) < 4.78 is 33.2. The Hall–Kier alpha value is -3.77. The molecule has 2 atom stereocenters. The monoisotopic (exact) mass is 920 g/mol.